The van der Waals surface area contributed by atoms with Crippen LogP contribution in [0.3, 0.4) is 0 Å². The lowest BCUT2D eigenvalue weighted by atomic mass is 10.1. The molecule has 1 heterocycles. The van der Waals surface area contributed by atoms with E-state index in [-0.39, 0.29) is 19.1 Å². The van der Waals surface area contributed by atoms with E-state index in [9.17, 15) is 9.59 Å². The van der Waals surface area contributed by atoms with Crippen LogP contribution in [0.2, 0.25) is 0 Å². The SMILES string of the molecule is Cc1ccc(OCC(=O)OCC(C)(C)NC(=O)c2cc[n+](C)cc2)c(C)c1. The molecule has 0 spiro atoms. The normalized spacial score (nSPS) is 11.0. The minimum Gasteiger partial charge on any atom is -0.482 e. The maximum atomic E-state index is 12.3. The van der Waals surface area contributed by atoms with Crippen LogP contribution in [0.4, 0.5) is 0 Å². The molecule has 0 bridgehead atoms. The average molecular weight is 371 g/mol. The smallest absolute Gasteiger partial charge is 0.344 e. The molecule has 2 rings (SSSR count). The molecule has 0 unspecified atom stereocenters. The molecule has 144 valence electrons. The Labute approximate surface area is 160 Å². The third kappa shape index (κ3) is 6.40. The van der Waals surface area contributed by atoms with E-state index >= 15 is 0 Å². The van der Waals surface area contributed by atoms with Crippen LogP contribution in [0, 0.1) is 13.8 Å². The van der Waals surface area contributed by atoms with Crippen molar-refractivity contribution in [3.8, 4) is 5.75 Å². The lowest BCUT2D eigenvalue weighted by Crippen LogP contribution is -2.47. The van der Waals surface area contributed by atoms with Crippen molar-refractivity contribution in [1.29, 1.82) is 0 Å². The van der Waals surface area contributed by atoms with Crippen molar-refractivity contribution < 1.29 is 23.6 Å². The van der Waals surface area contributed by atoms with E-state index in [1.165, 1.54) is 0 Å². The molecule has 0 saturated heterocycles. The van der Waals surface area contributed by atoms with Gasteiger partial charge in [-0.2, -0.15) is 0 Å². The summed E-state index contributed by atoms with van der Waals surface area (Å²) in [5, 5.41) is 2.87. The highest BCUT2D eigenvalue weighted by atomic mass is 16.6. The highest BCUT2D eigenvalue weighted by Gasteiger charge is 2.24. The Hall–Kier alpha value is -2.89. The number of nitrogens with zero attached hydrogens (tertiary/aromatic N) is 1. The van der Waals surface area contributed by atoms with E-state index < -0.39 is 11.5 Å². The van der Waals surface area contributed by atoms with E-state index in [1.54, 1.807) is 38.4 Å². The van der Waals surface area contributed by atoms with Gasteiger partial charge in [0.05, 0.1) is 11.1 Å². The highest BCUT2D eigenvalue weighted by molar-refractivity contribution is 5.94. The van der Waals surface area contributed by atoms with Gasteiger partial charge < -0.3 is 14.8 Å². The summed E-state index contributed by atoms with van der Waals surface area (Å²) in [6.45, 7) is 7.39. The van der Waals surface area contributed by atoms with Crippen molar-refractivity contribution in [1.82, 2.24) is 5.32 Å². The van der Waals surface area contributed by atoms with Crippen LogP contribution in [-0.2, 0) is 16.6 Å². The van der Waals surface area contributed by atoms with Crippen molar-refractivity contribution in [3.63, 3.8) is 0 Å². The summed E-state index contributed by atoms with van der Waals surface area (Å²) in [6, 6.07) is 9.21. The van der Waals surface area contributed by atoms with E-state index in [1.807, 2.05) is 43.7 Å². The second-order valence-corrected chi connectivity index (χ2v) is 7.31. The summed E-state index contributed by atoms with van der Waals surface area (Å²) in [5.41, 5.74) is 1.94. The van der Waals surface area contributed by atoms with Crippen LogP contribution in [-0.4, -0.2) is 30.6 Å². The number of pyridine rings is 1. The van der Waals surface area contributed by atoms with Crippen molar-refractivity contribution in [2.45, 2.75) is 33.2 Å². The molecule has 1 amide bonds. The second-order valence-electron chi connectivity index (χ2n) is 7.31. The fourth-order valence-electron chi connectivity index (χ4n) is 2.47. The van der Waals surface area contributed by atoms with Gasteiger partial charge in [-0.25, -0.2) is 9.36 Å². The molecule has 0 fully saturated rings. The molecule has 6 heteroatoms. The molecule has 27 heavy (non-hydrogen) atoms. The molecular weight excluding hydrogens is 344 g/mol. The van der Waals surface area contributed by atoms with Crippen LogP contribution < -0.4 is 14.6 Å². The first-order chi connectivity index (χ1) is 12.7. The fraction of sp³-hybridized carbons (Fsp3) is 0.381. The molecule has 6 nitrogen and oxygen atoms in total. The molecule has 1 aromatic carbocycles. The Morgan fingerprint density at radius 1 is 1.11 bits per heavy atom. The first-order valence-corrected chi connectivity index (χ1v) is 8.80. The number of carbonyl (C=O) groups is 2. The zero-order chi connectivity index (χ0) is 20.0. The Kier molecular flexibility index (Phi) is 6.55. The van der Waals surface area contributed by atoms with Gasteiger partial charge in [-0.1, -0.05) is 17.7 Å². The number of esters is 1. The molecule has 0 aliphatic rings. The van der Waals surface area contributed by atoms with Crippen molar-refractivity contribution >= 4 is 11.9 Å². The zero-order valence-corrected chi connectivity index (χ0v) is 16.5. The van der Waals surface area contributed by atoms with Gasteiger partial charge >= 0.3 is 5.97 Å². The number of carbonyl (C=O) groups excluding carboxylic acids is 2. The number of ether oxygens (including phenoxy) is 2. The number of hydrogen-bond donors (Lipinski definition) is 1. The second kappa shape index (κ2) is 8.66. The first-order valence-electron chi connectivity index (χ1n) is 8.80. The number of amides is 1. The molecule has 0 radical (unpaired) electrons. The van der Waals surface area contributed by atoms with Crippen LogP contribution in [0.5, 0.6) is 5.75 Å². The van der Waals surface area contributed by atoms with Crippen molar-refractivity contribution in [3.05, 3.63) is 59.4 Å². The number of rotatable bonds is 7. The molecule has 0 atom stereocenters. The molecule has 0 saturated carbocycles. The average Bonchev–Trinajstić information content (AvgIpc) is 2.59. The summed E-state index contributed by atoms with van der Waals surface area (Å²) in [5.74, 6) is -0.0467. The van der Waals surface area contributed by atoms with Gasteiger partial charge in [0, 0.05) is 12.1 Å². The minimum atomic E-state index is -0.704. The van der Waals surface area contributed by atoms with E-state index in [0.29, 0.717) is 11.3 Å². The maximum Gasteiger partial charge on any atom is 0.344 e. The summed E-state index contributed by atoms with van der Waals surface area (Å²) < 4.78 is 12.6. The van der Waals surface area contributed by atoms with E-state index in [0.717, 1.165) is 11.1 Å². The highest BCUT2D eigenvalue weighted by Crippen LogP contribution is 2.18. The van der Waals surface area contributed by atoms with Gasteiger partial charge in [0.1, 0.15) is 19.4 Å². The molecule has 0 aliphatic carbocycles. The number of nitrogens with one attached hydrogen (secondary N) is 1. The van der Waals surface area contributed by atoms with Crippen LogP contribution in [0.1, 0.15) is 35.3 Å². The van der Waals surface area contributed by atoms with Gasteiger partial charge in [-0.3, -0.25) is 4.79 Å². The molecule has 1 aromatic heterocycles. The summed E-state index contributed by atoms with van der Waals surface area (Å²) in [4.78, 5) is 24.3. The van der Waals surface area contributed by atoms with Crippen molar-refractivity contribution in [2.24, 2.45) is 7.05 Å². The first kappa shape index (κ1) is 20.4. The standard InChI is InChI=1S/C21H26N2O4/c1-15-6-7-18(16(2)12-15)26-13-19(24)27-14-21(3,4)22-20(25)17-8-10-23(5)11-9-17/h6-12H,13-14H2,1-5H3/p+1. The van der Waals surface area contributed by atoms with Crippen LogP contribution in [0.15, 0.2) is 42.7 Å². The lowest BCUT2D eigenvalue weighted by molar-refractivity contribution is -0.671. The number of aromatic nitrogens is 1. The largest absolute Gasteiger partial charge is 0.482 e. The van der Waals surface area contributed by atoms with E-state index in [2.05, 4.69) is 5.32 Å². The maximum absolute atomic E-state index is 12.3. The molecule has 0 aliphatic heterocycles. The third-order valence-corrected chi connectivity index (χ3v) is 3.96. The van der Waals surface area contributed by atoms with Crippen LogP contribution in [0.25, 0.3) is 0 Å². The Balaban J connectivity index is 1.82. The van der Waals surface area contributed by atoms with Gasteiger partial charge in [-0.05, 0) is 39.3 Å². The number of hydrogen-bond acceptors (Lipinski definition) is 4. The summed E-state index contributed by atoms with van der Waals surface area (Å²) in [7, 11) is 1.88. The molecule has 1 N–H and O–H groups in total. The fourth-order valence-corrected chi connectivity index (χ4v) is 2.47. The van der Waals surface area contributed by atoms with Gasteiger partial charge in [0.2, 0.25) is 0 Å². The number of benzene rings is 1. The Bertz CT molecular complexity index is 813. The summed E-state index contributed by atoms with van der Waals surface area (Å²) in [6.07, 6.45) is 3.60. The predicted octanol–water partition coefficient (Wildman–Crippen LogP) is 2.26. The Morgan fingerprint density at radius 3 is 2.41 bits per heavy atom. The zero-order valence-electron chi connectivity index (χ0n) is 16.5. The quantitative estimate of drug-likeness (QED) is 0.599. The lowest BCUT2D eigenvalue weighted by Gasteiger charge is -2.25. The monoisotopic (exact) mass is 371 g/mol. The topological polar surface area (TPSA) is 68.5 Å². The Morgan fingerprint density at radius 2 is 1.78 bits per heavy atom. The minimum absolute atomic E-state index is 0.0500. The number of aryl methyl sites for hydroxylation is 3. The predicted molar refractivity (Wildman–Crippen MR) is 102 cm³/mol. The summed E-state index contributed by atoms with van der Waals surface area (Å²) >= 11 is 0. The van der Waals surface area contributed by atoms with Gasteiger partial charge in [-0.15, -0.1) is 0 Å². The van der Waals surface area contributed by atoms with Crippen LogP contribution >= 0.6 is 0 Å². The van der Waals surface area contributed by atoms with Crippen molar-refractivity contribution in [2.75, 3.05) is 13.2 Å². The van der Waals surface area contributed by atoms with E-state index in [4.69, 9.17) is 9.47 Å². The van der Waals surface area contributed by atoms with Gasteiger partial charge in [0.15, 0.2) is 19.0 Å². The molecular formula is C21H27N2O4+. The van der Waals surface area contributed by atoms with Gasteiger partial charge in [0.25, 0.3) is 5.91 Å². The third-order valence-electron chi connectivity index (χ3n) is 3.96. The molecule has 2 aromatic rings.